The van der Waals surface area contributed by atoms with Crippen LogP contribution in [0.25, 0.3) is 0 Å². The van der Waals surface area contributed by atoms with Crippen LogP contribution in [0.3, 0.4) is 0 Å². The molecule has 1 aliphatic heterocycles. The molecule has 0 fully saturated rings. The lowest BCUT2D eigenvalue weighted by atomic mass is 9.93. The first-order chi connectivity index (χ1) is 11.1. The summed E-state index contributed by atoms with van der Waals surface area (Å²) in [5, 5.41) is 4.28. The van der Waals surface area contributed by atoms with Crippen LogP contribution < -0.4 is 0 Å². The highest BCUT2D eigenvalue weighted by molar-refractivity contribution is 6.09. The standard InChI is InChI=1S/C17H19N3O3/c1-19-13-4-3-7-20(9-11(13)8-18-19)17(22)12-10-23-15-6-2-5-14(21)16(12)15/h8,10H,2-7,9H2,1H3. The summed E-state index contributed by atoms with van der Waals surface area (Å²) in [5.41, 5.74) is 3.21. The number of furan rings is 1. The molecule has 0 unspecified atom stereocenters. The zero-order valence-electron chi connectivity index (χ0n) is 13.2. The van der Waals surface area contributed by atoms with Crippen LogP contribution in [0.2, 0.25) is 0 Å². The molecule has 4 rings (SSSR count). The Kier molecular flexibility index (Phi) is 3.32. The number of hydrogen-bond acceptors (Lipinski definition) is 4. The summed E-state index contributed by atoms with van der Waals surface area (Å²) in [6, 6.07) is 0. The predicted molar refractivity (Wildman–Crippen MR) is 82.2 cm³/mol. The molecule has 1 amide bonds. The number of ketones is 1. The van der Waals surface area contributed by atoms with Crippen LogP contribution in [0.1, 0.15) is 57.0 Å². The molecular weight excluding hydrogens is 294 g/mol. The lowest BCUT2D eigenvalue weighted by Gasteiger charge is -2.20. The molecular formula is C17H19N3O3. The Morgan fingerprint density at radius 3 is 3.00 bits per heavy atom. The van der Waals surface area contributed by atoms with Gasteiger partial charge in [-0.2, -0.15) is 5.10 Å². The zero-order valence-corrected chi connectivity index (χ0v) is 13.2. The van der Waals surface area contributed by atoms with Crippen molar-refractivity contribution in [2.45, 2.75) is 38.6 Å². The number of aryl methyl sites for hydroxylation is 2. The maximum atomic E-state index is 12.9. The van der Waals surface area contributed by atoms with E-state index in [4.69, 9.17) is 4.42 Å². The summed E-state index contributed by atoms with van der Waals surface area (Å²) in [4.78, 5) is 26.9. The van der Waals surface area contributed by atoms with Gasteiger partial charge in [0.15, 0.2) is 5.78 Å². The molecule has 2 aliphatic rings. The highest BCUT2D eigenvalue weighted by Gasteiger charge is 2.31. The molecule has 3 heterocycles. The second-order valence-corrected chi connectivity index (χ2v) is 6.29. The van der Waals surface area contributed by atoms with Gasteiger partial charge in [0, 0.05) is 44.2 Å². The van der Waals surface area contributed by atoms with Crippen molar-refractivity contribution < 1.29 is 14.0 Å². The largest absolute Gasteiger partial charge is 0.468 e. The van der Waals surface area contributed by atoms with Crippen molar-refractivity contribution in [3.63, 3.8) is 0 Å². The van der Waals surface area contributed by atoms with Gasteiger partial charge >= 0.3 is 0 Å². The second-order valence-electron chi connectivity index (χ2n) is 6.29. The fourth-order valence-electron chi connectivity index (χ4n) is 3.61. The van der Waals surface area contributed by atoms with Crippen molar-refractivity contribution in [3.05, 3.63) is 40.6 Å². The molecule has 0 saturated heterocycles. The molecule has 0 spiro atoms. The van der Waals surface area contributed by atoms with Crippen molar-refractivity contribution >= 4 is 11.7 Å². The number of aromatic nitrogens is 2. The SMILES string of the molecule is Cn1ncc2c1CCCN(C(=O)c1coc3c1C(=O)CCC3)C2. The third-order valence-corrected chi connectivity index (χ3v) is 4.82. The Labute approximate surface area is 134 Å². The summed E-state index contributed by atoms with van der Waals surface area (Å²) < 4.78 is 7.37. The van der Waals surface area contributed by atoms with Gasteiger partial charge in [0.1, 0.15) is 12.0 Å². The minimum absolute atomic E-state index is 0.0280. The molecule has 120 valence electrons. The molecule has 0 saturated carbocycles. The number of rotatable bonds is 1. The van der Waals surface area contributed by atoms with Crippen LogP contribution in [-0.2, 0) is 26.4 Å². The van der Waals surface area contributed by atoms with E-state index in [9.17, 15) is 9.59 Å². The van der Waals surface area contributed by atoms with E-state index in [1.54, 1.807) is 4.90 Å². The van der Waals surface area contributed by atoms with Crippen molar-refractivity contribution in [3.8, 4) is 0 Å². The summed E-state index contributed by atoms with van der Waals surface area (Å²) in [6.45, 7) is 1.22. The lowest BCUT2D eigenvalue weighted by molar-refractivity contribution is 0.0740. The fraction of sp³-hybridized carbons (Fsp3) is 0.471. The summed E-state index contributed by atoms with van der Waals surface area (Å²) in [5.74, 6) is 0.587. The van der Waals surface area contributed by atoms with Gasteiger partial charge in [0.05, 0.1) is 17.3 Å². The summed E-state index contributed by atoms with van der Waals surface area (Å²) in [7, 11) is 1.93. The van der Waals surface area contributed by atoms with Crippen LogP contribution in [0.5, 0.6) is 0 Å². The minimum Gasteiger partial charge on any atom is -0.468 e. The molecule has 0 atom stereocenters. The van der Waals surface area contributed by atoms with Crippen molar-refractivity contribution in [2.75, 3.05) is 6.54 Å². The van der Waals surface area contributed by atoms with Gasteiger partial charge in [-0.25, -0.2) is 0 Å². The fourth-order valence-corrected chi connectivity index (χ4v) is 3.61. The first kappa shape index (κ1) is 14.2. The number of nitrogens with zero attached hydrogens (tertiary/aromatic N) is 3. The monoisotopic (exact) mass is 313 g/mol. The number of carbonyl (C=O) groups excluding carboxylic acids is 2. The van der Waals surface area contributed by atoms with E-state index in [-0.39, 0.29) is 11.7 Å². The summed E-state index contributed by atoms with van der Waals surface area (Å²) in [6.07, 6.45) is 7.14. The van der Waals surface area contributed by atoms with E-state index in [0.29, 0.717) is 36.4 Å². The highest BCUT2D eigenvalue weighted by Crippen LogP contribution is 2.28. The summed E-state index contributed by atoms with van der Waals surface area (Å²) >= 11 is 0. The lowest BCUT2D eigenvalue weighted by Crippen LogP contribution is -2.31. The molecule has 0 bridgehead atoms. The van der Waals surface area contributed by atoms with E-state index in [1.807, 2.05) is 17.9 Å². The average Bonchev–Trinajstić information content (AvgIpc) is 3.05. The molecule has 1 aliphatic carbocycles. The first-order valence-electron chi connectivity index (χ1n) is 8.07. The quantitative estimate of drug-likeness (QED) is 0.808. The molecule has 23 heavy (non-hydrogen) atoms. The number of fused-ring (bicyclic) bond motifs is 2. The van der Waals surface area contributed by atoms with Gasteiger partial charge in [-0.05, 0) is 19.3 Å². The smallest absolute Gasteiger partial charge is 0.258 e. The zero-order chi connectivity index (χ0) is 16.0. The molecule has 0 aromatic carbocycles. The van der Waals surface area contributed by atoms with Crippen LogP contribution in [0.4, 0.5) is 0 Å². The first-order valence-corrected chi connectivity index (χ1v) is 8.07. The number of carbonyl (C=O) groups is 2. The van der Waals surface area contributed by atoms with Gasteiger partial charge in [-0.15, -0.1) is 0 Å². The predicted octanol–water partition coefficient (Wildman–Crippen LogP) is 2.12. The maximum Gasteiger partial charge on any atom is 0.258 e. The number of amides is 1. The van der Waals surface area contributed by atoms with Crippen LogP contribution >= 0.6 is 0 Å². The van der Waals surface area contributed by atoms with E-state index < -0.39 is 0 Å². The Morgan fingerprint density at radius 2 is 2.13 bits per heavy atom. The third kappa shape index (κ3) is 2.29. The molecule has 6 heteroatoms. The Balaban J connectivity index is 1.65. The average molecular weight is 313 g/mol. The highest BCUT2D eigenvalue weighted by atomic mass is 16.3. The molecule has 0 N–H and O–H groups in total. The van der Waals surface area contributed by atoms with Crippen molar-refractivity contribution in [1.82, 2.24) is 14.7 Å². The van der Waals surface area contributed by atoms with E-state index in [0.717, 1.165) is 31.2 Å². The Hall–Kier alpha value is -2.37. The van der Waals surface area contributed by atoms with E-state index in [1.165, 1.54) is 12.0 Å². The van der Waals surface area contributed by atoms with Gasteiger partial charge in [0.2, 0.25) is 0 Å². The second kappa shape index (κ2) is 5.37. The molecule has 6 nitrogen and oxygen atoms in total. The van der Waals surface area contributed by atoms with Gasteiger partial charge < -0.3 is 9.32 Å². The van der Waals surface area contributed by atoms with Crippen molar-refractivity contribution in [2.24, 2.45) is 7.05 Å². The van der Waals surface area contributed by atoms with Gasteiger partial charge in [0.25, 0.3) is 5.91 Å². The molecule has 0 radical (unpaired) electrons. The normalized spacial score (nSPS) is 17.6. The number of Topliss-reactive ketones (excluding diaryl/α,β-unsaturated/α-hetero) is 1. The Morgan fingerprint density at radius 1 is 1.26 bits per heavy atom. The van der Waals surface area contributed by atoms with Crippen LogP contribution in [0, 0.1) is 0 Å². The van der Waals surface area contributed by atoms with Gasteiger partial charge in [-0.3, -0.25) is 14.3 Å². The van der Waals surface area contributed by atoms with Gasteiger partial charge in [-0.1, -0.05) is 0 Å². The third-order valence-electron chi connectivity index (χ3n) is 4.82. The Bertz CT molecular complexity index is 787. The topological polar surface area (TPSA) is 68.3 Å². The maximum absolute atomic E-state index is 12.9. The molecule has 2 aromatic heterocycles. The van der Waals surface area contributed by atoms with E-state index >= 15 is 0 Å². The van der Waals surface area contributed by atoms with Crippen molar-refractivity contribution in [1.29, 1.82) is 0 Å². The van der Waals surface area contributed by atoms with Crippen LogP contribution in [-0.4, -0.2) is 32.9 Å². The number of hydrogen-bond donors (Lipinski definition) is 0. The minimum atomic E-state index is -0.109. The van der Waals surface area contributed by atoms with E-state index in [2.05, 4.69) is 5.10 Å². The molecule has 2 aromatic rings. The van der Waals surface area contributed by atoms with Crippen LogP contribution in [0.15, 0.2) is 16.9 Å².